The predicted molar refractivity (Wildman–Crippen MR) is 90.2 cm³/mol. The zero-order valence-electron chi connectivity index (χ0n) is 13.8. The second-order valence-corrected chi connectivity index (χ2v) is 6.83. The van der Waals surface area contributed by atoms with Crippen molar-refractivity contribution in [2.45, 2.75) is 52.1 Å². The van der Waals surface area contributed by atoms with Gasteiger partial charge >= 0.3 is 0 Å². The van der Waals surface area contributed by atoms with Gasteiger partial charge in [-0.05, 0) is 45.6 Å². The molecule has 1 fully saturated rings. The summed E-state index contributed by atoms with van der Waals surface area (Å²) in [6, 6.07) is 0.897. The highest BCUT2D eigenvalue weighted by Gasteiger charge is 2.33. The summed E-state index contributed by atoms with van der Waals surface area (Å²) >= 11 is 1.76. The zero-order chi connectivity index (χ0) is 15.2. The third kappa shape index (κ3) is 4.66. The fourth-order valence-electron chi connectivity index (χ4n) is 2.57. The van der Waals surface area contributed by atoms with Crippen LogP contribution < -0.4 is 10.2 Å². The number of hydrogen-bond donors (Lipinski definition) is 1. The number of nitrogens with one attached hydrogen (secondary N) is 1. The molecule has 1 aliphatic rings. The Hall–Kier alpha value is -0.650. The van der Waals surface area contributed by atoms with E-state index in [1.54, 1.807) is 18.4 Å². The Kier molecular flexibility index (Phi) is 6.45. The highest BCUT2D eigenvalue weighted by Crippen LogP contribution is 2.37. The molecule has 1 N–H and O–H groups in total. The molecule has 1 saturated carbocycles. The molecule has 21 heavy (non-hydrogen) atoms. The lowest BCUT2D eigenvalue weighted by Crippen LogP contribution is -2.37. The van der Waals surface area contributed by atoms with E-state index in [2.05, 4.69) is 36.4 Å². The Labute approximate surface area is 132 Å². The molecule has 1 aromatic rings. The van der Waals surface area contributed by atoms with Crippen molar-refractivity contribution in [3.63, 3.8) is 0 Å². The van der Waals surface area contributed by atoms with Gasteiger partial charge in [-0.1, -0.05) is 6.92 Å². The van der Waals surface area contributed by atoms with Crippen LogP contribution in [-0.2, 0) is 4.74 Å². The highest BCUT2D eigenvalue weighted by atomic mass is 32.1. The minimum absolute atomic E-state index is 0.329. The number of hydrogen-bond acceptors (Lipinski definition) is 5. The first-order chi connectivity index (χ1) is 10.2. The first kappa shape index (κ1) is 16.7. The molecular formula is C16H29N3OS. The molecule has 0 saturated heterocycles. The topological polar surface area (TPSA) is 37.4 Å². The van der Waals surface area contributed by atoms with Crippen molar-refractivity contribution in [2.24, 2.45) is 5.92 Å². The maximum atomic E-state index is 5.27. The Balaban J connectivity index is 2.03. The summed E-state index contributed by atoms with van der Waals surface area (Å²) in [7, 11) is 1.77. The lowest BCUT2D eigenvalue weighted by atomic mass is 10.2. The third-order valence-corrected chi connectivity index (χ3v) is 5.13. The zero-order valence-corrected chi connectivity index (χ0v) is 14.6. The van der Waals surface area contributed by atoms with Crippen LogP contribution in [0.4, 0.5) is 5.13 Å². The van der Waals surface area contributed by atoms with Crippen LogP contribution in [0.3, 0.4) is 0 Å². The van der Waals surface area contributed by atoms with Gasteiger partial charge in [0.05, 0.1) is 12.3 Å². The predicted octanol–water partition coefficient (Wildman–Crippen LogP) is 3.46. The summed E-state index contributed by atoms with van der Waals surface area (Å²) in [4.78, 5) is 7.31. The van der Waals surface area contributed by atoms with Gasteiger partial charge in [-0.25, -0.2) is 4.98 Å². The fourth-order valence-corrected chi connectivity index (χ4v) is 3.60. The SMILES string of the molecule is CCCNC(C)c1csc(N(CCOC)C(C)C2CC2)n1. The van der Waals surface area contributed by atoms with Crippen molar-refractivity contribution in [2.75, 3.05) is 31.7 Å². The number of methoxy groups -OCH3 is 1. The van der Waals surface area contributed by atoms with E-state index in [4.69, 9.17) is 9.72 Å². The lowest BCUT2D eigenvalue weighted by Gasteiger charge is -2.28. The van der Waals surface area contributed by atoms with E-state index in [0.29, 0.717) is 12.1 Å². The molecular weight excluding hydrogens is 282 g/mol. The van der Waals surface area contributed by atoms with Gasteiger partial charge in [0.25, 0.3) is 0 Å². The molecule has 0 aliphatic heterocycles. The van der Waals surface area contributed by atoms with Gasteiger partial charge in [0.1, 0.15) is 0 Å². The number of aromatic nitrogens is 1. The van der Waals surface area contributed by atoms with Crippen LogP contribution in [0.5, 0.6) is 0 Å². The van der Waals surface area contributed by atoms with Crippen LogP contribution in [-0.4, -0.2) is 37.8 Å². The van der Waals surface area contributed by atoms with Crippen molar-refractivity contribution in [1.29, 1.82) is 0 Å². The summed E-state index contributed by atoms with van der Waals surface area (Å²) in [5.74, 6) is 0.838. The van der Waals surface area contributed by atoms with Crippen LogP contribution in [0, 0.1) is 5.92 Å². The van der Waals surface area contributed by atoms with E-state index in [1.807, 2.05) is 0 Å². The van der Waals surface area contributed by atoms with Crippen molar-refractivity contribution < 1.29 is 4.74 Å². The Morgan fingerprint density at radius 3 is 2.86 bits per heavy atom. The number of anilines is 1. The third-order valence-electron chi connectivity index (χ3n) is 4.23. The monoisotopic (exact) mass is 311 g/mol. The van der Waals surface area contributed by atoms with Crippen molar-refractivity contribution in [3.8, 4) is 0 Å². The van der Waals surface area contributed by atoms with E-state index in [-0.39, 0.29) is 0 Å². The van der Waals surface area contributed by atoms with Crippen LogP contribution >= 0.6 is 11.3 Å². The summed E-state index contributed by atoms with van der Waals surface area (Å²) in [6.45, 7) is 9.44. The summed E-state index contributed by atoms with van der Waals surface area (Å²) < 4.78 is 5.27. The molecule has 120 valence electrons. The molecule has 0 radical (unpaired) electrons. The molecule has 1 aliphatic carbocycles. The average molecular weight is 311 g/mol. The molecule has 2 rings (SSSR count). The molecule has 2 atom stereocenters. The number of nitrogens with zero attached hydrogens (tertiary/aromatic N) is 2. The molecule has 5 heteroatoms. The molecule has 1 heterocycles. The maximum Gasteiger partial charge on any atom is 0.185 e. The average Bonchev–Trinajstić information content (AvgIpc) is 3.23. The van der Waals surface area contributed by atoms with E-state index >= 15 is 0 Å². The van der Waals surface area contributed by atoms with Crippen molar-refractivity contribution in [1.82, 2.24) is 10.3 Å². The van der Waals surface area contributed by atoms with Gasteiger partial charge in [0.15, 0.2) is 5.13 Å². The van der Waals surface area contributed by atoms with Gasteiger partial charge in [-0.15, -0.1) is 11.3 Å². The molecule has 0 amide bonds. The quantitative estimate of drug-likeness (QED) is 0.718. The highest BCUT2D eigenvalue weighted by molar-refractivity contribution is 7.13. The van der Waals surface area contributed by atoms with Gasteiger partial charge < -0.3 is 15.0 Å². The fraction of sp³-hybridized carbons (Fsp3) is 0.812. The largest absolute Gasteiger partial charge is 0.383 e. The smallest absolute Gasteiger partial charge is 0.185 e. The lowest BCUT2D eigenvalue weighted by molar-refractivity contribution is 0.202. The Morgan fingerprint density at radius 2 is 2.24 bits per heavy atom. The Morgan fingerprint density at radius 1 is 1.48 bits per heavy atom. The summed E-state index contributed by atoms with van der Waals surface area (Å²) in [5, 5.41) is 6.85. The van der Waals surface area contributed by atoms with Crippen LogP contribution in [0.1, 0.15) is 51.8 Å². The molecule has 0 aromatic carbocycles. The van der Waals surface area contributed by atoms with Crippen LogP contribution in [0.2, 0.25) is 0 Å². The maximum absolute atomic E-state index is 5.27. The van der Waals surface area contributed by atoms with Gasteiger partial charge in [-0.2, -0.15) is 0 Å². The normalized spacial score (nSPS) is 17.7. The summed E-state index contributed by atoms with van der Waals surface area (Å²) in [5.41, 5.74) is 1.16. The van der Waals surface area contributed by atoms with Crippen LogP contribution in [0.25, 0.3) is 0 Å². The first-order valence-corrected chi connectivity index (χ1v) is 8.99. The second kappa shape index (κ2) is 8.11. The number of ether oxygens (including phenoxy) is 1. The van der Waals surface area contributed by atoms with E-state index in [1.165, 1.54) is 12.8 Å². The molecule has 1 aromatic heterocycles. The number of rotatable bonds is 10. The minimum atomic E-state index is 0.329. The van der Waals surface area contributed by atoms with E-state index < -0.39 is 0 Å². The number of thiazole rings is 1. The first-order valence-electron chi connectivity index (χ1n) is 8.11. The van der Waals surface area contributed by atoms with E-state index in [0.717, 1.165) is 42.9 Å². The minimum Gasteiger partial charge on any atom is -0.383 e. The van der Waals surface area contributed by atoms with E-state index in [9.17, 15) is 0 Å². The summed E-state index contributed by atoms with van der Waals surface area (Å²) in [6.07, 6.45) is 3.87. The van der Waals surface area contributed by atoms with Gasteiger partial charge in [0, 0.05) is 31.1 Å². The van der Waals surface area contributed by atoms with Gasteiger partial charge in [0.2, 0.25) is 0 Å². The molecule has 0 bridgehead atoms. The second-order valence-electron chi connectivity index (χ2n) is 5.99. The van der Waals surface area contributed by atoms with Crippen LogP contribution in [0.15, 0.2) is 5.38 Å². The molecule has 4 nitrogen and oxygen atoms in total. The van der Waals surface area contributed by atoms with Crippen molar-refractivity contribution in [3.05, 3.63) is 11.1 Å². The molecule has 0 spiro atoms. The van der Waals surface area contributed by atoms with Crippen molar-refractivity contribution >= 4 is 16.5 Å². The van der Waals surface area contributed by atoms with Gasteiger partial charge in [-0.3, -0.25) is 0 Å². The standard InChI is InChI=1S/C16H29N3OS/c1-5-8-17-12(2)15-11-21-16(18-15)19(9-10-20-4)13(3)14-6-7-14/h11-14,17H,5-10H2,1-4H3. The molecule has 2 unspecified atom stereocenters. The Bertz CT molecular complexity index is 419.